The number of likely N-dealkylation sites (tertiary alicyclic amines) is 1. The Kier molecular flexibility index (Phi) is 4.22. The fourth-order valence-corrected chi connectivity index (χ4v) is 2.01. The van der Waals surface area contributed by atoms with E-state index in [9.17, 15) is 9.59 Å². The van der Waals surface area contributed by atoms with Crippen LogP contribution in [0.5, 0.6) is 0 Å². The molecule has 1 unspecified atom stereocenters. The standard InChI is InChI=1S/C13H17N3O3/c14-12(17)16-7-6-11(8-16)15-13(18)19-9-10-4-2-1-3-5-10/h1-5,11H,6-9H2,(H2,14,17)(H,15,18). The van der Waals surface area contributed by atoms with Crippen LogP contribution in [0.1, 0.15) is 12.0 Å². The summed E-state index contributed by atoms with van der Waals surface area (Å²) in [6.07, 6.45) is 0.226. The molecule has 0 saturated carbocycles. The van der Waals surface area contributed by atoms with Gasteiger partial charge >= 0.3 is 12.1 Å². The zero-order chi connectivity index (χ0) is 13.7. The normalized spacial score (nSPS) is 18.1. The average Bonchev–Trinajstić information content (AvgIpc) is 2.86. The number of nitrogens with one attached hydrogen (secondary N) is 1. The van der Waals surface area contributed by atoms with Crippen molar-refractivity contribution in [2.75, 3.05) is 13.1 Å². The second-order valence-corrected chi connectivity index (χ2v) is 4.48. The zero-order valence-electron chi connectivity index (χ0n) is 10.5. The number of carbonyl (C=O) groups is 2. The quantitative estimate of drug-likeness (QED) is 0.855. The molecule has 19 heavy (non-hydrogen) atoms. The summed E-state index contributed by atoms with van der Waals surface area (Å²) in [5.74, 6) is 0. The van der Waals surface area contributed by atoms with Crippen molar-refractivity contribution in [2.24, 2.45) is 5.73 Å². The minimum Gasteiger partial charge on any atom is -0.445 e. The molecule has 1 aromatic rings. The third kappa shape index (κ3) is 3.87. The molecule has 3 amide bonds. The van der Waals surface area contributed by atoms with Crippen molar-refractivity contribution in [3.05, 3.63) is 35.9 Å². The van der Waals surface area contributed by atoms with Crippen LogP contribution in [0.4, 0.5) is 9.59 Å². The molecule has 1 fully saturated rings. The zero-order valence-corrected chi connectivity index (χ0v) is 10.5. The van der Waals surface area contributed by atoms with Gasteiger partial charge in [0.25, 0.3) is 0 Å². The number of primary amides is 1. The lowest BCUT2D eigenvalue weighted by Crippen LogP contribution is -2.40. The van der Waals surface area contributed by atoms with Crippen molar-refractivity contribution in [1.29, 1.82) is 0 Å². The Morgan fingerprint density at radius 2 is 2.11 bits per heavy atom. The summed E-state index contributed by atoms with van der Waals surface area (Å²) in [6, 6.07) is 8.91. The minimum atomic E-state index is -0.472. The van der Waals surface area contributed by atoms with E-state index in [-0.39, 0.29) is 12.6 Å². The summed E-state index contributed by atoms with van der Waals surface area (Å²) in [7, 11) is 0. The van der Waals surface area contributed by atoms with Gasteiger partial charge in [0.1, 0.15) is 6.61 Å². The molecule has 1 aliphatic rings. The van der Waals surface area contributed by atoms with Gasteiger partial charge in [0.15, 0.2) is 0 Å². The predicted molar refractivity (Wildman–Crippen MR) is 69.3 cm³/mol. The van der Waals surface area contributed by atoms with Crippen LogP contribution in [0.3, 0.4) is 0 Å². The summed E-state index contributed by atoms with van der Waals surface area (Å²) in [5, 5.41) is 2.72. The number of hydrogen-bond acceptors (Lipinski definition) is 3. The molecule has 6 nitrogen and oxygen atoms in total. The third-order valence-electron chi connectivity index (χ3n) is 3.03. The molecule has 0 aliphatic carbocycles. The van der Waals surface area contributed by atoms with Gasteiger partial charge in [-0.05, 0) is 12.0 Å². The highest BCUT2D eigenvalue weighted by atomic mass is 16.5. The fourth-order valence-electron chi connectivity index (χ4n) is 2.01. The molecule has 0 radical (unpaired) electrons. The molecule has 102 valence electrons. The van der Waals surface area contributed by atoms with Gasteiger partial charge in [-0.25, -0.2) is 9.59 Å². The van der Waals surface area contributed by atoms with Crippen molar-refractivity contribution >= 4 is 12.1 Å². The number of nitrogens with zero attached hydrogens (tertiary/aromatic N) is 1. The van der Waals surface area contributed by atoms with Gasteiger partial charge in [0, 0.05) is 13.1 Å². The van der Waals surface area contributed by atoms with Crippen LogP contribution in [0.15, 0.2) is 30.3 Å². The van der Waals surface area contributed by atoms with Crippen molar-refractivity contribution in [1.82, 2.24) is 10.2 Å². The maximum atomic E-state index is 11.6. The van der Waals surface area contributed by atoms with Crippen LogP contribution < -0.4 is 11.1 Å². The van der Waals surface area contributed by atoms with Crippen molar-refractivity contribution in [3.63, 3.8) is 0 Å². The number of ether oxygens (including phenoxy) is 1. The Bertz CT molecular complexity index is 450. The number of amides is 3. The van der Waals surface area contributed by atoms with Crippen LogP contribution >= 0.6 is 0 Å². The lowest BCUT2D eigenvalue weighted by Gasteiger charge is -2.14. The first kappa shape index (κ1) is 13.2. The highest BCUT2D eigenvalue weighted by molar-refractivity contribution is 5.73. The summed E-state index contributed by atoms with van der Waals surface area (Å²) >= 11 is 0. The topological polar surface area (TPSA) is 84.7 Å². The number of hydrogen-bond donors (Lipinski definition) is 2. The molecular weight excluding hydrogens is 246 g/mol. The van der Waals surface area contributed by atoms with E-state index in [4.69, 9.17) is 10.5 Å². The molecule has 6 heteroatoms. The Morgan fingerprint density at radius 3 is 2.74 bits per heavy atom. The largest absolute Gasteiger partial charge is 0.445 e. The van der Waals surface area contributed by atoms with E-state index in [1.54, 1.807) is 0 Å². The summed E-state index contributed by atoms with van der Waals surface area (Å²) in [6.45, 7) is 1.24. The maximum absolute atomic E-state index is 11.6. The maximum Gasteiger partial charge on any atom is 0.407 e. The van der Waals surface area contributed by atoms with Crippen LogP contribution in [0.2, 0.25) is 0 Å². The van der Waals surface area contributed by atoms with E-state index in [0.717, 1.165) is 5.56 Å². The Balaban J connectivity index is 1.72. The predicted octanol–water partition coefficient (Wildman–Crippen LogP) is 1.07. The molecular formula is C13H17N3O3. The first-order valence-corrected chi connectivity index (χ1v) is 6.17. The molecule has 1 aromatic carbocycles. The van der Waals surface area contributed by atoms with E-state index in [1.165, 1.54) is 4.90 Å². The number of carbonyl (C=O) groups excluding carboxylic acids is 2. The van der Waals surface area contributed by atoms with Crippen LogP contribution in [-0.2, 0) is 11.3 Å². The van der Waals surface area contributed by atoms with E-state index < -0.39 is 12.1 Å². The number of benzene rings is 1. The first-order chi connectivity index (χ1) is 9.15. The van der Waals surface area contributed by atoms with Crippen molar-refractivity contribution in [2.45, 2.75) is 19.1 Å². The van der Waals surface area contributed by atoms with Crippen LogP contribution in [0, 0.1) is 0 Å². The van der Waals surface area contributed by atoms with Crippen molar-refractivity contribution < 1.29 is 14.3 Å². The molecule has 0 aromatic heterocycles. The summed E-state index contributed by atoms with van der Waals surface area (Å²) < 4.78 is 5.10. The first-order valence-electron chi connectivity index (χ1n) is 6.17. The van der Waals surface area contributed by atoms with Gasteiger partial charge in [-0.1, -0.05) is 30.3 Å². The summed E-state index contributed by atoms with van der Waals surface area (Å²) in [4.78, 5) is 24.0. The molecule has 1 aliphatic heterocycles. The second-order valence-electron chi connectivity index (χ2n) is 4.48. The van der Waals surface area contributed by atoms with Crippen LogP contribution in [0.25, 0.3) is 0 Å². The monoisotopic (exact) mass is 263 g/mol. The third-order valence-corrected chi connectivity index (χ3v) is 3.03. The number of nitrogens with two attached hydrogens (primary N) is 1. The lowest BCUT2D eigenvalue weighted by atomic mass is 10.2. The minimum absolute atomic E-state index is 0.0872. The molecule has 3 N–H and O–H groups in total. The summed E-state index contributed by atoms with van der Waals surface area (Å²) in [5.41, 5.74) is 6.10. The van der Waals surface area contributed by atoms with Crippen LogP contribution in [-0.4, -0.2) is 36.2 Å². The van der Waals surface area contributed by atoms with Crippen molar-refractivity contribution in [3.8, 4) is 0 Å². The van der Waals surface area contributed by atoms with Gasteiger partial charge in [0.2, 0.25) is 0 Å². The Morgan fingerprint density at radius 1 is 1.37 bits per heavy atom. The molecule has 1 heterocycles. The van der Waals surface area contributed by atoms with Gasteiger partial charge in [-0.3, -0.25) is 0 Å². The highest BCUT2D eigenvalue weighted by Crippen LogP contribution is 2.09. The van der Waals surface area contributed by atoms with Gasteiger partial charge in [-0.15, -0.1) is 0 Å². The Hall–Kier alpha value is -2.24. The molecule has 1 saturated heterocycles. The SMILES string of the molecule is NC(=O)N1CCC(NC(=O)OCc2ccccc2)C1. The van der Waals surface area contributed by atoms with E-state index in [0.29, 0.717) is 19.5 Å². The van der Waals surface area contributed by atoms with Gasteiger partial charge in [0.05, 0.1) is 6.04 Å². The van der Waals surface area contributed by atoms with E-state index in [1.807, 2.05) is 30.3 Å². The van der Waals surface area contributed by atoms with E-state index >= 15 is 0 Å². The molecule has 0 spiro atoms. The Labute approximate surface area is 111 Å². The fraction of sp³-hybridized carbons (Fsp3) is 0.385. The second kappa shape index (κ2) is 6.08. The lowest BCUT2D eigenvalue weighted by molar-refractivity contribution is 0.135. The number of rotatable bonds is 3. The smallest absolute Gasteiger partial charge is 0.407 e. The molecule has 0 bridgehead atoms. The molecule has 1 atom stereocenters. The van der Waals surface area contributed by atoms with Gasteiger partial charge < -0.3 is 20.7 Å². The number of alkyl carbamates (subject to hydrolysis) is 1. The molecule has 2 rings (SSSR count). The van der Waals surface area contributed by atoms with Gasteiger partial charge in [-0.2, -0.15) is 0 Å². The highest BCUT2D eigenvalue weighted by Gasteiger charge is 2.26. The number of urea groups is 1. The average molecular weight is 263 g/mol. The van der Waals surface area contributed by atoms with E-state index in [2.05, 4.69) is 5.32 Å².